The van der Waals surface area contributed by atoms with Crippen LogP contribution in [0.3, 0.4) is 0 Å². The molecule has 5 nitrogen and oxygen atoms in total. The molecule has 2 aromatic rings. The monoisotopic (exact) mass is 371 g/mol. The van der Waals surface area contributed by atoms with Crippen LogP contribution < -0.4 is 5.32 Å². The van der Waals surface area contributed by atoms with Crippen LogP contribution in [0.15, 0.2) is 47.7 Å². The predicted octanol–water partition coefficient (Wildman–Crippen LogP) is 2.88. The van der Waals surface area contributed by atoms with Crippen LogP contribution in [0.5, 0.6) is 0 Å². The fourth-order valence-corrected chi connectivity index (χ4v) is 4.42. The van der Waals surface area contributed by atoms with Crippen molar-refractivity contribution >= 4 is 17.7 Å². The van der Waals surface area contributed by atoms with Gasteiger partial charge in [-0.1, -0.05) is 30.3 Å². The molecule has 0 spiro atoms. The quantitative estimate of drug-likeness (QED) is 0.648. The second-order valence-electron chi connectivity index (χ2n) is 7.21. The van der Waals surface area contributed by atoms with Crippen molar-refractivity contribution in [2.75, 3.05) is 32.4 Å². The summed E-state index contributed by atoms with van der Waals surface area (Å²) in [5.41, 5.74) is 1.29. The molecule has 0 atom stereocenters. The number of nitrogens with one attached hydrogen (secondary N) is 1. The van der Waals surface area contributed by atoms with Gasteiger partial charge >= 0.3 is 0 Å². The normalized spacial score (nSPS) is 17.3. The number of nitrogens with zero attached hydrogens (tertiary/aromatic N) is 4. The lowest BCUT2D eigenvalue weighted by molar-refractivity contribution is 0.376. The summed E-state index contributed by atoms with van der Waals surface area (Å²) in [4.78, 5) is 11.4. The van der Waals surface area contributed by atoms with Crippen molar-refractivity contribution in [3.05, 3.63) is 54.1 Å². The molecule has 0 unspecified atom stereocenters. The van der Waals surface area contributed by atoms with Crippen molar-refractivity contribution < 1.29 is 0 Å². The molecular formula is C20H29N5S. The van der Waals surface area contributed by atoms with E-state index in [2.05, 4.69) is 69.1 Å². The molecule has 1 aliphatic heterocycles. The average Bonchev–Trinajstić information content (AvgIpc) is 3.06. The third-order valence-electron chi connectivity index (χ3n) is 4.57. The fraction of sp³-hybridized carbons (Fsp3) is 0.500. The molecule has 6 heteroatoms. The molecule has 0 bridgehead atoms. The Kier molecular flexibility index (Phi) is 6.25. The molecule has 1 saturated heterocycles. The molecule has 2 heterocycles. The first-order chi connectivity index (χ1) is 12.6. The molecule has 26 heavy (non-hydrogen) atoms. The largest absolute Gasteiger partial charge is 0.356 e. The first-order valence-electron chi connectivity index (χ1n) is 9.21. The zero-order valence-electron chi connectivity index (χ0n) is 16.0. The fourth-order valence-electron chi connectivity index (χ4n) is 3.31. The molecule has 0 aliphatic carbocycles. The van der Waals surface area contributed by atoms with Gasteiger partial charge in [0.25, 0.3) is 0 Å². The van der Waals surface area contributed by atoms with Crippen LogP contribution in [0.1, 0.15) is 25.2 Å². The Bertz CT molecular complexity index is 723. The SMILES string of the molecule is CN=C(NCCc1nccn1Cc1ccccc1)N1CCSC(C)(C)C1. The van der Waals surface area contributed by atoms with Gasteiger partial charge in [-0.3, -0.25) is 4.99 Å². The highest BCUT2D eigenvalue weighted by Crippen LogP contribution is 2.29. The van der Waals surface area contributed by atoms with E-state index in [0.29, 0.717) is 0 Å². The molecule has 0 saturated carbocycles. The Hall–Kier alpha value is -1.95. The summed E-state index contributed by atoms with van der Waals surface area (Å²) in [6.45, 7) is 8.39. The topological polar surface area (TPSA) is 45.5 Å². The van der Waals surface area contributed by atoms with Crippen molar-refractivity contribution in [2.45, 2.75) is 31.6 Å². The van der Waals surface area contributed by atoms with Crippen molar-refractivity contribution in [3.8, 4) is 0 Å². The van der Waals surface area contributed by atoms with Crippen LogP contribution in [0, 0.1) is 0 Å². The molecule has 3 rings (SSSR count). The molecule has 0 amide bonds. The van der Waals surface area contributed by atoms with Crippen LogP contribution in [-0.4, -0.2) is 57.6 Å². The van der Waals surface area contributed by atoms with E-state index in [0.717, 1.165) is 50.1 Å². The van der Waals surface area contributed by atoms with Gasteiger partial charge in [0.1, 0.15) is 5.82 Å². The second-order valence-corrected chi connectivity index (χ2v) is 9.01. The molecule has 1 aromatic heterocycles. The van der Waals surface area contributed by atoms with Crippen LogP contribution in [0.25, 0.3) is 0 Å². The Morgan fingerprint density at radius 1 is 1.31 bits per heavy atom. The third kappa shape index (κ3) is 5.04. The Morgan fingerprint density at radius 2 is 2.12 bits per heavy atom. The van der Waals surface area contributed by atoms with E-state index in [1.165, 1.54) is 5.56 Å². The van der Waals surface area contributed by atoms with Crippen molar-refractivity contribution in [1.29, 1.82) is 0 Å². The van der Waals surface area contributed by atoms with Gasteiger partial charge in [-0.05, 0) is 19.4 Å². The number of guanidine groups is 1. The standard InChI is InChI=1S/C20H29N5S/c1-20(2)16-25(13-14-26-20)19(21-3)23-10-9-18-22-11-12-24(18)15-17-7-5-4-6-8-17/h4-8,11-12H,9-10,13-16H2,1-3H3,(H,21,23). The van der Waals surface area contributed by atoms with E-state index >= 15 is 0 Å². The Morgan fingerprint density at radius 3 is 2.85 bits per heavy atom. The summed E-state index contributed by atoms with van der Waals surface area (Å²) in [5, 5.41) is 3.52. The van der Waals surface area contributed by atoms with Gasteiger partial charge in [0.05, 0.1) is 0 Å². The van der Waals surface area contributed by atoms with Gasteiger partial charge < -0.3 is 14.8 Å². The van der Waals surface area contributed by atoms with Crippen LogP contribution in [0.2, 0.25) is 0 Å². The third-order valence-corrected chi connectivity index (χ3v) is 5.86. The van der Waals surface area contributed by atoms with Gasteiger partial charge in [-0.25, -0.2) is 4.98 Å². The molecular weight excluding hydrogens is 342 g/mol. The lowest BCUT2D eigenvalue weighted by Crippen LogP contribution is -2.51. The summed E-state index contributed by atoms with van der Waals surface area (Å²) in [6.07, 6.45) is 4.82. The van der Waals surface area contributed by atoms with E-state index in [1.54, 1.807) is 0 Å². The van der Waals surface area contributed by atoms with E-state index in [-0.39, 0.29) is 4.75 Å². The number of aromatic nitrogens is 2. The highest BCUT2D eigenvalue weighted by Gasteiger charge is 2.28. The van der Waals surface area contributed by atoms with Gasteiger partial charge in [-0.2, -0.15) is 11.8 Å². The van der Waals surface area contributed by atoms with Gasteiger partial charge in [0.2, 0.25) is 0 Å². The van der Waals surface area contributed by atoms with Gasteiger partial charge in [-0.15, -0.1) is 0 Å². The van der Waals surface area contributed by atoms with Gasteiger partial charge in [0, 0.05) is 62.5 Å². The molecule has 1 aromatic carbocycles. The summed E-state index contributed by atoms with van der Waals surface area (Å²) in [5.74, 6) is 3.25. The van der Waals surface area contributed by atoms with Crippen LogP contribution in [0.4, 0.5) is 0 Å². The Balaban J connectivity index is 1.54. The minimum absolute atomic E-state index is 0.280. The van der Waals surface area contributed by atoms with Crippen LogP contribution >= 0.6 is 11.8 Å². The van der Waals surface area contributed by atoms with E-state index in [4.69, 9.17) is 0 Å². The predicted molar refractivity (Wildman–Crippen MR) is 111 cm³/mol. The number of aliphatic imine (C=N–C) groups is 1. The van der Waals surface area contributed by atoms with E-state index < -0.39 is 0 Å². The minimum Gasteiger partial charge on any atom is -0.356 e. The molecule has 1 aliphatic rings. The summed E-state index contributed by atoms with van der Waals surface area (Å²) < 4.78 is 2.50. The smallest absolute Gasteiger partial charge is 0.193 e. The van der Waals surface area contributed by atoms with Crippen molar-refractivity contribution in [1.82, 2.24) is 19.8 Å². The molecule has 1 N–H and O–H groups in total. The first-order valence-corrected chi connectivity index (χ1v) is 10.2. The zero-order chi connectivity index (χ0) is 18.4. The van der Waals surface area contributed by atoms with Gasteiger partial charge in [0.15, 0.2) is 5.96 Å². The zero-order valence-corrected chi connectivity index (χ0v) is 16.8. The number of hydrogen-bond donors (Lipinski definition) is 1. The second kappa shape index (κ2) is 8.62. The maximum Gasteiger partial charge on any atom is 0.193 e. The highest BCUT2D eigenvalue weighted by molar-refractivity contribution is 8.00. The minimum atomic E-state index is 0.280. The van der Waals surface area contributed by atoms with E-state index in [9.17, 15) is 0 Å². The summed E-state index contributed by atoms with van der Waals surface area (Å²) >= 11 is 2.04. The molecule has 0 radical (unpaired) electrons. The van der Waals surface area contributed by atoms with Crippen LogP contribution in [-0.2, 0) is 13.0 Å². The number of benzene rings is 1. The number of imidazole rings is 1. The number of thioether (sulfide) groups is 1. The summed E-state index contributed by atoms with van der Waals surface area (Å²) in [6, 6.07) is 10.5. The maximum absolute atomic E-state index is 4.54. The highest BCUT2D eigenvalue weighted by atomic mass is 32.2. The average molecular weight is 372 g/mol. The van der Waals surface area contributed by atoms with Crippen molar-refractivity contribution in [3.63, 3.8) is 0 Å². The maximum atomic E-state index is 4.54. The Labute approximate surface area is 160 Å². The number of rotatable bonds is 5. The van der Waals surface area contributed by atoms with E-state index in [1.807, 2.05) is 31.1 Å². The lowest BCUT2D eigenvalue weighted by atomic mass is 10.2. The summed E-state index contributed by atoms with van der Waals surface area (Å²) in [7, 11) is 1.87. The first kappa shape index (κ1) is 18.8. The number of hydrogen-bond acceptors (Lipinski definition) is 3. The van der Waals surface area contributed by atoms with Crippen molar-refractivity contribution in [2.24, 2.45) is 4.99 Å². The lowest BCUT2D eigenvalue weighted by Gasteiger charge is -2.39. The molecule has 140 valence electrons. The molecule has 1 fully saturated rings.